The Balaban J connectivity index is 1.79. The fourth-order valence-corrected chi connectivity index (χ4v) is 2.35. The zero-order chi connectivity index (χ0) is 21.2. The highest BCUT2D eigenvalue weighted by atomic mass is 19.4. The molecule has 3 rings (SSSR count). The summed E-state index contributed by atoms with van der Waals surface area (Å²) in [6.07, 6.45) is -6.02. The molecule has 0 aliphatic carbocycles. The predicted molar refractivity (Wildman–Crippen MR) is 87.8 cm³/mol. The Bertz CT molecular complexity index is 996. The first-order valence-electron chi connectivity index (χ1n) is 7.92. The van der Waals surface area contributed by atoms with Crippen LogP contribution in [-0.2, 0) is 18.9 Å². The Morgan fingerprint density at radius 2 is 1.79 bits per heavy atom. The van der Waals surface area contributed by atoms with Crippen LogP contribution in [0.25, 0.3) is 0 Å². The number of nitrogens with one attached hydrogen (secondary N) is 1. The molecule has 6 nitrogen and oxygen atoms in total. The van der Waals surface area contributed by atoms with Gasteiger partial charge in [0, 0.05) is 18.5 Å². The molecule has 0 unspecified atom stereocenters. The summed E-state index contributed by atoms with van der Waals surface area (Å²) in [6, 6.07) is 5.66. The van der Waals surface area contributed by atoms with Crippen molar-refractivity contribution < 1.29 is 31.1 Å². The molecule has 3 heterocycles. The number of halogens is 6. The van der Waals surface area contributed by atoms with Crippen molar-refractivity contribution in [3.8, 4) is 0 Å². The van der Waals surface area contributed by atoms with Gasteiger partial charge in [0.1, 0.15) is 5.69 Å². The second-order valence-corrected chi connectivity index (χ2v) is 5.80. The van der Waals surface area contributed by atoms with Gasteiger partial charge >= 0.3 is 12.4 Å². The number of hydrogen-bond acceptors (Lipinski definition) is 4. The van der Waals surface area contributed by atoms with Crippen LogP contribution < -0.4 is 5.32 Å². The van der Waals surface area contributed by atoms with Gasteiger partial charge in [0.2, 0.25) is 0 Å². The number of alkyl halides is 6. The molecule has 0 aliphatic heterocycles. The van der Waals surface area contributed by atoms with E-state index in [1.54, 1.807) is 12.1 Å². The minimum absolute atomic E-state index is 0.00903. The SMILES string of the molecule is O=C(Nc1cccnc1)c1ccc(Cn2nc(C(F)(F)F)cc2C(F)(F)F)nc1. The smallest absolute Gasteiger partial charge is 0.321 e. The monoisotopic (exact) mass is 415 g/mol. The van der Waals surface area contributed by atoms with Crippen LogP contribution >= 0.6 is 0 Å². The van der Waals surface area contributed by atoms with Gasteiger partial charge < -0.3 is 5.32 Å². The van der Waals surface area contributed by atoms with E-state index in [9.17, 15) is 31.1 Å². The predicted octanol–water partition coefficient (Wildman–Crippen LogP) is 4.01. The molecule has 0 aliphatic rings. The Labute approximate surface area is 159 Å². The van der Waals surface area contributed by atoms with Crippen LogP contribution in [0.4, 0.5) is 32.0 Å². The molecule has 3 aromatic heterocycles. The summed E-state index contributed by atoms with van der Waals surface area (Å²) in [5.74, 6) is -0.536. The quantitative estimate of drug-likeness (QED) is 0.654. The maximum absolute atomic E-state index is 13.0. The molecule has 12 heteroatoms. The first-order valence-corrected chi connectivity index (χ1v) is 7.92. The van der Waals surface area contributed by atoms with Crippen LogP contribution in [0.5, 0.6) is 0 Å². The molecule has 0 radical (unpaired) electrons. The van der Waals surface area contributed by atoms with Crippen LogP contribution in [0, 0.1) is 0 Å². The Morgan fingerprint density at radius 3 is 2.34 bits per heavy atom. The van der Waals surface area contributed by atoms with Crippen molar-refractivity contribution in [3.05, 3.63) is 71.6 Å². The van der Waals surface area contributed by atoms with Crippen molar-refractivity contribution in [2.75, 3.05) is 5.32 Å². The number of aromatic nitrogens is 4. The summed E-state index contributed by atoms with van der Waals surface area (Å²) >= 11 is 0. The van der Waals surface area contributed by atoms with E-state index in [-0.39, 0.29) is 22.0 Å². The van der Waals surface area contributed by atoms with Crippen molar-refractivity contribution in [1.82, 2.24) is 19.7 Å². The van der Waals surface area contributed by atoms with E-state index < -0.39 is 36.2 Å². The molecule has 0 saturated heterocycles. The Hall–Kier alpha value is -3.44. The molecule has 0 spiro atoms. The minimum atomic E-state index is -5.03. The van der Waals surface area contributed by atoms with Crippen molar-refractivity contribution in [3.63, 3.8) is 0 Å². The third-order valence-electron chi connectivity index (χ3n) is 3.68. The van der Waals surface area contributed by atoms with Crippen LogP contribution in [-0.4, -0.2) is 25.7 Å². The highest BCUT2D eigenvalue weighted by molar-refractivity contribution is 6.03. The van der Waals surface area contributed by atoms with Gasteiger partial charge in [0.15, 0.2) is 5.69 Å². The number of hydrogen-bond donors (Lipinski definition) is 1. The minimum Gasteiger partial charge on any atom is -0.321 e. The summed E-state index contributed by atoms with van der Waals surface area (Å²) in [7, 11) is 0. The fourth-order valence-electron chi connectivity index (χ4n) is 2.35. The third kappa shape index (κ3) is 4.89. The lowest BCUT2D eigenvalue weighted by molar-refractivity contribution is -0.144. The lowest BCUT2D eigenvalue weighted by Crippen LogP contribution is -2.16. The third-order valence-corrected chi connectivity index (χ3v) is 3.68. The van der Waals surface area contributed by atoms with Crippen molar-refractivity contribution in [2.45, 2.75) is 18.9 Å². The molecule has 1 N–H and O–H groups in total. The summed E-state index contributed by atoms with van der Waals surface area (Å²) in [6.45, 7) is -0.657. The van der Waals surface area contributed by atoms with Crippen molar-refractivity contribution >= 4 is 11.6 Å². The van der Waals surface area contributed by atoms with E-state index >= 15 is 0 Å². The molecular formula is C17H11F6N5O. The molecule has 0 fully saturated rings. The number of amides is 1. The average Bonchev–Trinajstić information content (AvgIpc) is 3.08. The Morgan fingerprint density at radius 1 is 1.03 bits per heavy atom. The highest BCUT2D eigenvalue weighted by Crippen LogP contribution is 2.35. The van der Waals surface area contributed by atoms with Gasteiger partial charge in [-0.25, -0.2) is 0 Å². The van der Waals surface area contributed by atoms with E-state index in [0.717, 1.165) is 6.20 Å². The number of nitrogens with zero attached hydrogens (tertiary/aromatic N) is 4. The van der Waals surface area contributed by atoms with Crippen LogP contribution in [0.3, 0.4) is 0 Å². The van der Waals surface area contributed by atoms with Gasteiger partial charge in [-0.1, -0.05) is 0 Å². The lowest BCUT2D eigenvalue weighted by atomic mass is 10.2. The van der Waals surface area contributed by atoms with Gasteiger partial charge in [-0.3, -0.25) is 19.4 Å². The van der Waals surface area contributed by atoms with Gasteiger partial charge in [-0.2, -0.15) is 31.4 Å². The topological polar surface area (TPSA) is 72.7 Å². The van der Waals surface area contributed by atoms with Crippen LogP contribution in [0.15, 0.2) is 48.9 Å². The fraction of sp³-hybridized carbons (Fsp3) is 0.176. The number of carbonyl (C=O) groups is 1. The number of rotatable bonds is 4. The van der Waals surface area contributed by atoms with E-state index in [1.165, 1.54) is 24.5 Å². The number of carbonyl (C=O) groups excluding carboxylic acids is 1. The molecule has 0 bridgehead atoms. The molecule has 3 aromatic rings. The molecular weight excluding hydrogens is 404 g/mol. The zero-order valence-electron chi connectivity index (χ0n) is 14.3. The summed E-state index contributed by atoms with van der Waals surface area (Å²) in [5, 5.41) is 5.55. The normalized spacial score (nSPS) is 12.1. The molecule has 1 amide bonds. The van der Waals surface area contributed by atoms with E-state index in [0.29, 0.717) is 5.69 Å². The lowest BCUT2D eigenvalue weighted by Gasteiger charge is -2.10. The van der Waals surface area contributed by atoms with E-state index in [1.807, 2.05) is 0 Å². The largest absolute Gasteiger partial charge is 0.435 e. The summed E-state index contributed by atoms with van der Waals surface area (Å²) < 4.78 is 77.4. The van der Waals surface area contributed by atoms with Crippen molar-refractivity contribution in [1.29, 1.82) is 0 Å². The van der Waals surface area contributed by atoms with Gasteiger partial charge in [-0.15, -0.1) is 0 Å². The Kier molecular flexibility index (Phi) is 5.27. The van der Waals surface area contributed by atoms with Gasteiger partial charge in [0.25, 0.3) is 5.91 Å². The maximum Gasteiger partial charge on any atom is 0.435 e. The molecule has 29 heavy (non-hydrogen) atoms. The number of anilines is 1. The van der Waals surface area contributed by atoms with Crippen LogP contribution in [0.1, 0.15) is 27.4 Å². The summed E-state index contributed by atoms with van der Waals surface area (Å²) in [4.78, 5) is 19.8. The highest BCUT2D eigenvalue weighted by Gasteiger charge is 2.41. The second-order valence-electron chi connectivity index (χ2n) is 5.80. The first kappa shape index (κ1) is 20.3. The average molecular weight is 415 g/mol. The van der Waals surface area contributed by atoms with Crippen LogP contribution in [0.2, 0.25) is 0 Å². The molecule has 0 saturated carbocycles. The van der Waals surface area contributed by atoms with E-state index in [4.69, 9.17) is 0 Å². The van der Waals surface area contributed by atoms with E-state index in [2.05, 4.69) is 20.4 Å². The summed E-state index contributed by atoms with van der Waals surface area (Å²) in [5.41, 5.74) is -2.69. The molecule has 152 valence electrons. The second kappa shape index (κ2) is 7.53. The number of pyridine rings is 2. The maximum atomic E-state index is 13.0. The van der Waals surface area contributed by atoms with Gasteiger partial charge in [-0.05, 0) is 24.3 Å². The van der Waals surface area contributed by atoms with Gasteiger partial charge in [0.05, 0.1) is 29.7 Å². The van der Waals surface area contributed by atoms with Crippen molar-refractivity contribution in [2.24, 2.45) is 0 Å². The molecule has 0 aromatic carbocycles. The molecule has 0 atom stereocenters. The standard InChI is InChI=1S/C17H11F6N5O/c18-16(19,20)13-6-14(17(21,22)23)28(27-13)9-12-4-3-10(7-25-12)15(29)26-11-2-1-5-24-8-11/h1-8H,9H2,(H,26,29). The zero-order valence-corrected chi connectivity index (χ0v) is 14.3. The first-order chi connectivity index (χ1) is 13.5.